The van der Waals surface area contributed by atoms with Gasteiger partial charge in [-0.1, -0.05) is 12.1 Å². The number of carbonyl (C=O) groups excluding carboxylic acids is 4. The van der Waals surface area contributed by atoms with E-state index in [1.807, 2.05) is 0 Å². The van der Waals surface area contributed by atoms with Gasteiger partial charge in [0.2, 0.25) is 5.91 Å². The molecule has 0 aromatic heterocycles. The van der Waals surface area contributed by atoms with E-state index in [9.17, 15) is 45.5 Å². The van der Waals surface area contributed by atoms with Crippen molar-refractivity contribution >= 4 is 23.8 Å². The van der Waals surface area contributed by atoms with Gasteiger partial charge in [0.15, 0.2) is 0 Å². The number of halogens is 6. The topological polar surface area (TPSA) is 137 Å². The Kier molecular flexibility index (Phi) is 11.4. The smallest absolute Gasteiger partial charge is 0.416 e. The van der Waals surface area contributed by atoms with E-state index in [1.54, 1.807) is 6.92 Å². The predicted octanol–water partition coefficient (Wildman–Crippen LogP) is 5.54. The summed E-state index contributed by atoms with van der Waals surface area (Å²) in [5, 5.41) is 4.89. The van der Waals surface area contributed by atoms with Gasteiger partial charge in [-0.15, -0.1) is 0 Å². The maximum absolute atomic E-state index is 14.4. The van der Waals surface area contributed by atoms with E-state index < -0.39 is 70.1 Å². The first kappa shape index (κ1) is 36.5. The van der Waals surface area contributed by atoms with E-state index in [2.05, 4.69) is 20.1 Å². The lowest BCUT2D eigenvalue weighted by Crippen LogP contribution is -2.49. The molecule has 9 nitrogen and oxygen atoms in total. The van der Waals surface area contributed by atoms with Gasteiger partial charge < -0.3 is 25.8 Å². The van der Waals surface area contributed by atoms with Gasteiger partial charge in [0.1, 0.15) is 23.0 Å². The lowest BCUT2D eigenvalue weighted by molar-refractivity contribution is -0.137. The van der Waals surface area contributed by atoms with Crippen LogP contribution in [0.4, 0.5) is 26.3 Å². The number of alkyl halides is 3. The van der Waals surface area contributed by atoms with Crippen LogP contribution in [-0.4, -0.2) is 43.5 Å². The average molecular weight is 668 g/mol. The SMILES string of the molecule is COC(=O)c1ccc([C@@H](C)N)c(F)c1.COC(=O)c1ccc([C@@H](C)NC(=O)C2(NC(=O)c3cc(F)cc(C(F)(F)F)c3)CC2)c(F)c1. The van der Waals surface area contributed by atoms with E-state index in [0.717, 1.165) is 19.2 Å². The minimum atomic E-state index is -4.85. The van der Waals surface area contributed by atoms with E-state index in [0.29, 0.717) is 17.7 Å². The van der Waals surface area contributed by atoms with E-state index in [1.165, 1.54) is 38.3 Å². The number of benzene rings is 3. The standard InChI is InChI=1S/C22H19F5N2O4.C10H12FNO2/c1-11(16-4-3-12(9-17(16)24)19(31)33-2)28-20(32)21(5-6-21)29-18(30)13-7-14(22(25,26)27)10-15(23)8-13;1-6(12)8-4-3-7(5-9(8)11)10(13)14-2/h3-4,7-11H,5-6H2,1-2H3,(H,28,32)(H,29,30);3-6H,12H2,1-2H3/t11-;6-/m11/s1. The zero-order chi connectivity index (χ0) is 35.3. The Morgan fingerprint density at radius 1 is 0.787 bits per heavy atom. The van der Waals surface area contributed by atoms with Crippen LogP contribution >= 0.6 is 0 Å². The number of carbonyl (C=O) groups is 4. The Balaban J connectivity index is 0.000000358. The second-order valence-corrected chi connectivity index (χ2v) is 10.7. The molecule has 0 radical (unpaired) electrons. The second-order valence-electron chi connectivity index (χ2n) is 10.7. The van der Waals surface area contributed by atoms with Gasteiger partial charge in [-0.3, -0.25) is 9.59 Å². The van der Waals surface area contributed by atoms with E-state index in [-0.39, 0.29) is 41.6 Å². The summed E-state index contributed by atoms with van der Waals surface area (Å²) in [5.41, 5.74) is 2.82. The molecule has 15 heteroatoms. The van der Waals surface area contributed by atoms with Crippen LogP contribution < -0.4 is 16.4 Å². The summed E-state index contributed by atoms with van der Waals surface area (Å²) in [4.78, 5) is 47.7. The molecule has 0 unspecified atom stereocenters. The largest absolute Gasteiger partial charge is 0.465 e. The number of methoxy groups -OCH3 is 2. The highest BCUT2D eigenvalue weighted by Crippen LogP contribution is 2.37. The van der Waals surface area contributed by atoms with Gasteiger partial charge in [0.25, 0.3) is 5.91 Å². The summed E-state index contributed by atoms with van der Waals surface area (Å²) in [5.74, 6) is -5.50. The van der Waals surface area contributed by atoms with Gasteiger partial charge in [-0.25, -0.2) is 22.8 Å². The van der Waals surface area contributed by atoms with Crippen molar-refractivity contribution in [1.82, 2.24) is 10.6 Å². The Morgan fingerprint density at radius 2 is 1.30 bits per heavy atom. The molecule has 3 aromatic carbocycles. The number of amides is 2. The molecular weight excluding hydrogens is 636 g/mol. The van der Waals surface area contributed by atoms with Crippen LogP contribution in [0.25, 0.3) is 0 Å². The van der Waals surface area contributed by atoms with Crippen LogP contribution in [0, 0.1) is 17.5 Å². The molecule has 0 saturated heterocycles. The van der Waals surface area contributed by atoms with Crippen molar-refractivity contribution in [2.45, 2.75) is 50.5 Å². The summed E-state index contributed by atoms with van der Waals surface area (Å²) in [6.45, 7) is 3.16. The minimum Gasteiger partial charge on any atom is -0.465 e. The van der Waals surface area contributed by atoms with Gasteiger partial charge in [-0.05, 0) is 69.2 Å². The molecule has 1 fully saturated rings. The number of ether oxygens (including phenoxy) is 2. The summed E-state index contributed by atoms with van der Waals surface area (Å²) in [6, 6.07) is 7.85. The fourth-order valence-corrected chi connectivity index (χ4v) is 4.38. The molecule has 1 saturated carbocycles. The van der Waals surface area contributed by atoms with Crippen LogP contribution in [0.1, 0.15) is 86.5 Å². The quantitative estimate of drug-likeness (QED) is 0.212. The average Bonchev–Trinajstić information content (AvgIpc) is 3.80. The highest BCUT2D eigenvalue weighted by Gasteiger charge is 2.51. The Morgan fingerprint density at radius 3 is 1.72 bits per heavy atom. The van der Waals surface area contributed by atoms with Crippen LogP contribution in [-0.2, 0) is 20.4 Å². The van der Waals surface area contributed by atoms with Crippen molar-refractivity contribution in [1.29, 1.82) is 0 Å². The van der Waals surface area contributed by atoms with Crippen LogP contribution in [0.15, 0.2) is 54.6 Å². The summed E-state index contributed by atoms with van der Waals surface area (Å²) in [6.07, 6.45) is -4.46. The molecule has 3 aromatic rings. The first-order valence-electron chi connectivity index (χ1n) is 13.9. The molecular formula is C32H31F6N3O6. The van der Waals surface area contributed by atoms with E-state index >= 15 is 0 Å². The molecule has 0 bridgehead atoms. The molecule has 4 N–H and O–H groups in total. The second kappa shape index (κ2) is 14.7. The zero-order valence-electron chi connectivity index (χ0n) is 25.6. The fraction of sp³-hybridized carbons (Fsp3) is 0.312. The normalized spacial score (nSPS) is 14.4. The molecule has 0 aliphatic heterocycles. The predicted molar refractivity (Wildman–Crippen MR) is 155 cm³/mol. The van der Waals surface area contributed by atoms with Crippen molar-refractivity contribution in [3.63, 3.8) is 0 Å². The third-order valence-corrected chi connectivity index (χ3v) is 7.17. The third-order valence-electron chi connectivity index (χ3n) is 7.17. The molecule has 47 heavy (non-hydrogen) atoms. The maximum atomic E-state index is 14.4. The zero-order valence-corrected chi connectivity index (χ0v) is 25.6. The van der Waals surface area contributed by atoms with Gasteiger partial charge in [0, 0.05) is 22.7 Å². The highest BCUT2D eigenvalue weighted by molar-refractivity contribution is 6.01. The van der Waals surface area contributed by atoms with Crippen molar-refractivity contribution in [2.24, 2.45) is 5.73 Å². The number of nitrogens with one attached hydrogen (secondary N) is 2. The molecule has 2 amide bonds. The van der Waals surface area contributed by atoms with Crippen LogP contribution in [0.2, 0.25) is 0 Å². The van der Waals surface area contributed by atoms with Crippen molar-refractivity contribution < 1.29 is 55.0 Å². The molecule has 0 spiro atoms. The maximum Gasteiger partial charge on any atom is 0.416 e. The molecule has 1 aliphatic rings. The molecule has 0 heterocycles. The molecule has 2 atom stereocenters. The molecule has 4 rings (SSSR count). The lowest BCUT2D eigenvalue weighted by Gasteiger charge is -2.22. The van der Waals surface area contributed by atoms with Crippen molar-refractivity contribution in [3.8, 4) is 0 Å². The molecule has 1 aliphatic carbocycles. The highest BCUT2D eigenvalue weighted by atomic mass is 19.4. The first-order valence-corrected chi connectivity index (χ1v) is 13.9. The number of hydrogen-bond acceptors (Lipinski definition) is 7. The lowest BCUT2D eigenvalue weighted by atomic mass is 10.0. The Hall–Kier alpha value is -4.92. The van der Waals surface area contributed by atoms with Gasteiger partial charge in [-0.2, -0.15) is 13.2 Å². The Labute approximate surface area is 265 Å². The first-order chi connectivity index (χ1) is 21.9. The number of esters is 2. The van der Waals surface area contributed by atoms with Crippen LogP contribution in [0.3, 0.4) is 0 Å². The number of rotatable bonds is 8. The summed E-state index contributed by atoms with van der Waals surface area (Å²) in [7, 11) is 2.40. The third kappa shape index (κ3) is 9.09. The van der Waals surface area contributed by atoms with E-state index in [4.69, 9.17) is 5.73 Å². The summed E-state index contributed by atoms with van der Waals surface area (Å²) < 4.78 is 89.0. The monoisotopic (exact) mass is 667 g/mol. The van der Waals surface area contributed by atoms with Gasteiger partial charge >= 0.3 is 18.1 Å². The molecule has 252 valence electrons. The van der Waals surface area contributed by atoms with Crippen molar-refractivity contribution in [3.05, 3.63) is 105 Å². The van der Waals surface area contributed by atoms with Crippen molar-refractivity contribution in [2.75, 3.05) is 14.2 Å². The fourth-order valence-electron chi connectivity index (χ4n) is 4.38. The minimum absolute atomic E-state index is 0.0171. The number of nitrogens with two attached hydrogens (primary N) is 1. The van der Waals surface area contributed by atoms with Gasteiger partial charge in [0.05, 0.1) is 37.0 Å². The van der Waals surface area contributed by atoms with Crippen LogP contribution in [0.5, 0.6) is 0 Å². The summed E-state index contributed by atoms with van der Waals surface area (Å²) >= 11 is 0. The Bertz CT molecular complexity index is 1670. The number of hydrogen-bond donors (Lipinski definition) is 3.